The van der Waals surface area contributed by atoms with E-state index in [0.717, 1.165) is 26.2 Å². The summed E-state index contributed by atoms with van der Waals surface area (Å²) in [5.74, 6) is 0.735. The summed E-state index contributed by atoms with van der Waals surface area (Å²) in [7, 11) is 0. The van der Waals surface area contributed by atoms with Crippen LogP contribution >= 0.6 is 11.3 Å². The zero-order valence-electron chi connectivity index (χ0n) is 16.2. The Labute approximate surface area is 174 Å². The summed E-state index contributed by atoms with van der Waals surface area (Å²) in [6, 6.07) is 22.3. The molecule has 4 rings (SSSR count). The molecule has 0 saturated carbocycles. The summed E-state index contributed by atoms with van der Waals surface area (Å²) in [6.07, 6.45) is 1.54. The van der Waals surface area contributed by atoms with E-state index in [1.165, 1.54) is 0 Å². The van der Waals surface area contributed by atoms with Gasteiger partial charge in [0.1, 0.15) is 17.0 Å². The van der Waals surface area contributed by atoms with Crippen LogP contribution in [-0.4, -0.2) is 33.9 Å². The predicted molar refractivity (Wildman–Crippen MR) is 119 cm³/mol. The largest absolute Gasteiger partial charge is 0.360 e. The van der Waals surface area contributed by atoms with Gasteiger partial charge in [-0.3, -0.25) is 4.79 Å². The van der Waals surface area contributed by atoms with Crippen LogP contribution in [0.3, 0.4) is 0 Å². The fourth-order valence-electron chi connectivity index (χ4n) is 3.19. The number of carbonyl (C=O) groups is 1. The molecule has 0 aliphatic carbocycles. The molecule has 4 aromatic rings. The van der Waals surface area contributed by atoms with E-state index in [1.807, 2.05) is 60.4 Å². The zero-order valence-corrected chi connectivity index (χ0v) is 17.0. The Bertz CT molecular complexity index is 1100. The molecule has 0 spiro atoms. The molecule has 0 radical (unpaired) electrons. The van der Waals surface area contributed by atoms with Crippen LogP contribution in [0.25, 0.3) is 20.7 Å². The van der Waals surface area contributed by atoms with Crippen LogP contribution in [0.15, 0.2) is 73.1 Å². The SMILES string of the molecule is CCN(Cc1ccccc1)C(=O)CNc1ncnc2sc(-c3ccccc3)cc12. The number of aromatic nitrogens is 2. The number of likely N-dealkylation sites (N-methyl/N-ethyl adjacent to an activating group) is 1. The Morgan fingerprint density at radius 2 is 1.76 bits per heavy atom. The van der Waals surface area contributed by atoms with Gasteiger partial charge in [-0.15, -0.1) is 11.3 Å². The van der Waals surface area contributed by atoms with Gasteiger partial charge in [0, 0.05) is 18.0 Å². The van der Waals surface area contributed by atoms with Crippen LogP contribution in [-0.2, 0) is 11.3 Å². The molecule has 1 amide bonds. The fraction of sp³-hybridized carbons (Fsp3) is 0.174. The van der Waals surface area contributed by atoms with Crippen LogP contribution in [0.1, 0.15) is 12.5 Å². The number of nitrogens with one attached hydrogen (secondary N) is 1. The minimum atomic E-state index is 0.0432. The standard InChI is InChI=1S/C23H22N4OS/c1-2-27(15-17-9-5-3-6-10-17)21(28)14-24-22-19-13-20(18-11-7-4-8-12-18)29-23(19)26-16-25-22/h3-13,16H,2,14-15H2,1H3,(H,24,25,26). The minimum Gasteiger partial charge on any atom is -0.360 e. The van der Waals surface area contributed by atoms with Crippen LogP contribution in [0.5, 0.6) is 0 Å². The average molecular weight is 403 g/mol. The Hall–Kier alpha value is -3.25. The number of amides is 1. The second-order valence-electron chi connectivity index (χ2n) is 6.66. The highest BCUT2D eigenvalue weighted by Crippen LogP contribution is 2.34. The number of nitrogens with zero attached hydrogens (tertiary/aromatic N) is 3. The summed E-state index contributed by atoms with van der Waals surface area (Å²) in [6.45, 7) is 3.46. The van der Waals surface area contributed by atoms with Crippen molar-refractivity contribution in [3.05, 3.63) is 78.6 Å². The van der Waals surface area contributed by atoms with Crippen LogP contribution in [0, 0.1) is 0 Å². The molecule has 0 saturated heterocycles. The number of hydrogen-bond donors (Lipinski definition) is 1. The van der Waals surface area contributed by atoms with Gasteiger partial charge in [-0.1, -0.05) is 60.7 Å². The smallest absolute Gasteiger partial charge is 0.242 e. The van der Waals surface area contributed by atoms with Crippen LogP contribution in [0.2, 0.25) is 0 Å². The Balaban J connectivity index is 1.49. The van der Waals surface area contributed by atoms with E-state index in [9.17, 15) is 4.79 Å². The van der Waals surface area contributed by atoms with E-state index >= 15 is 0 Å². The highest BCUT2D eigenvalue weighted by atomic mass is 32.1. The molecule has 2 aromatic heterocycles. The normalized spacial score (nSPS) is 10.8. The van der Waals surface area contributed by atoms with Gasteiger partial charge in [0.25, 0.3) is 0 Å². The highest BCUT2D eigenvalue weighted by molar-refractivity contribution is 7.21. The lowest BCUT2D eigenvalue weighted by Gasteiger charge is -2.21. The molecule has 0 bridgehead atoms. The summed E-state index contributed by atoms with van der Waals surface area (Å²) in [4.78, 5) is 25.4. The van der Waals surface area contributed by atoms with Gasteiger partial charge in [0.05, 0.1) is 11.9 Å². The van der Waals surface area contributed by atoms with Crippen molar-refractivity contribution in [2.45, 2.75) is 13.5 Å². The molecule has 0 unspecified atom stereocenters. The van der Waals surface area contributed by atoms with Gasteiger partial charge in [0.2, 0.25) is 5.91 Å². The Morgan fingerprint density at radius 1 is 1.03 bits per heavy atom. The van der Waals surface area contributed by atoms with E-state index in [2.05, 4.69) is 33.5 Å². The van der Waals surface area contributed by atoms with Gasteiger partial charge in [-0.05, 0) is 24.1 Å². The Kier molecular flexibility index (Phi) is 5.81. The first kappa shape index (κ1) is 19.1. The topological polar surface area (TPSA) is 58.1 Å². The van der Waals surface area contributed by atoms with Gasteiger partial charge < -0.3 is 10.2 Å². The van der Waals surface area contributed by atoms with E-state index < -0.39 is 0 Å². The number of benzene rings is 2. The maximum Gasteiger partial charge on any atom is 0.242 e. The Morgan fingerprint density at radius 3 is 2.48 bits per heavy atom. The quantitative estimate of drug-likeness (QED) is 0.482. The molecule has 0 atom stereocenters. The number of hydrogen-bond acceptors (Lipinski definition) is 5. The highest BCUT2D eigenvalue weighted by Gasteiger charge is 2.14. The lowest BCUT2D eigenvalue weighted by molar-refractivity contribution is -0.129. The van der Waals surface area contributed by atoms with E-state index in [1.54, 1.807) is 17.7 Å². The summed E-state index contributed by atoms with van der Waals surface area (Å²) >= 11 is 1.62. The molecule has 0 aliphatic heterocycles. The van der Waals surface area contributed by atoms with E-state index in [4.69, 9.17) is 0 Å². The maximum absolute atomic E-state index is 12.7. The first-order chi connectivity index (χ1) is 14.2. The molecule has 2 heterocycles. The molecule has 0 fully saturated rings. The summed E-state index contributed by atoms with van der Waals surface area (Å²) < 4.78 is 0. The number of rotatable bonds is 7. The summed E-state index contributed by atoms with van der Waals surface area (Å²) in [5.41, 5.74) is 2.27. The van der Waals surface area contributed by atoms with Crippen molar-refractivity contribution in [3.63, 3.8) is 0 Å². The fourth-order valence-corrected chi connectivity index (χ4v) is 4.20. The molecule has 1 N–H and O–H groups in total. The second-order valence-corrected chi connectivity index (χ2v) is 7.70. The van der Waals surface area contributed by atoms with Crippen molar-refractivity contribution in [1.82, 2.24) is 14.9 Å². The van der Waals surface area contributed by atoms with Gasteiger partial charge in [0.15, 0.2) is 0 Å². The van der Waals surface area contributed by atoms with Crippen molar-refractivity contribution in [2.24, 2.45) is 0 Å². The molecule has 29 heavy (non-hydrogen) atoms. The molecular formula is C23H22N4OS. The van der Waals surface area contributed by atoms with Crippen molar-refractivity contribution in [3.8, 4) is 10.4 Å². The number of carbonyl (C=O) groups excluding carboxylic acids is 1. The third-order valence-electron chi connectivity index (χ3n) is 4.75. The molecule has 146 valence electrons. The van der Waals surface area contributed by atoms with Crippen molar-refractivity contribution in [2.75, 3.05) is 18.4 Å². The van der Waals surface area contributed by atoms with Crippen molar-refractivity contribution < 1.29 is 4.79 Å². The molecular weight excluding hydrogens is 380 g/mol. The first-order valence-electron chi connectivity index (χ1n) is 9.60. The monoisotopic (exact) mass is 402 g/mol. The van der Waals surface area contributed by atoms with Gasteiger partial charge >= 0.3 is 0 Å². The number of fused-ring (bicyclic) bond motifs is 1. The average Bonchev–Trinajstić information content (AvgIpc) is 3.22. The van der Waals surface area contributed by atoms with Crippen LogP contribution < -0.4 is 5.32 Å². The first-order valence-corrected chi connectivity index (χ1v) is 10.4. The predicted octanol–water partition coefficient (Wildman–Crippen LogP) is 4.82. The molecule has 6 heteroatoms. The maximum atomic E-state index is 12.7. The number of anilines is 1. The van der Waals surface area contributed by atoms with Gasteiger partial charge in [-0.25, -0.2) is 9.97 Å². The van der Waals surface area contributed by atoms with E-state index in [0.29, 0.717) is 18.9 Å². The second kappa shape index (κ2) is 8.84. The van der Waals surface area contributed by atoms with Crippen molar-refractivity contribution in [1.29, 1.82) is 0 Å². The van der Waals surface area contributed by atoms with Gasteiger partial charge in [-0.2, -0.15) is 0 Å². The lowest BCUT2D eigenvalue weighted by atomic mass is 10.2. The molecule has 5 nitrogen and oxygen atoms in total. The molecule has 0 aliphatic rings. The lowest BCUT2D eigenvalue weighted by Crippen LogP contribution is -2.35. The molecule has 2 aromatic carbocycles. The summed E-state index contributed by atoms with van der Waals surface area (Å²) in [5, 5.41) is 4.16. The minimum absolute atomic E-state index is 0.0432. The van der Waals surface area contributed by atoms with E-state index in [-0.39, 0.29) is 12.5 Å². The third-order valence-corrected chi connectivity index (χ3v) is 5.84. The zero-order chi connectivity index (χ0) is 20.1. The van der Waals surface area contributed by atoms with Crippen LogP contribution in [0.4, 0.5) is 5.82 Å². The third kappa shape index (κ3) is 4.43. The van der Waals surface area contributed by atoms with Crippen molar-refractivity contribution >= 4 is 33.3 Å². The number of thiophene rings is 1.